The van der Waals surface area contributed by atoms with Gasteiger partial charge in [0.25, 0.3) is 0 Å². The second-order valence-corrected chi connectivity index (χ2v) is 7.00. The van der Waals surface area contributed by atoms with Crippen molar-refractivity contribution in [3.05, 3.63) is 65.7 Å². The Hall–Kier alpha value is -3.03. The number of halogens is 3. The van der Waals surface area contributed by atoms with Gasteiger partial charge in [0.1, 0.15) is 6.04 Å². The third-order valence-corrected chi connectivity index (χ3v) is 4.37. The highest BCUT2D eigenvalue weighted by Gasteiger charge is 2.34. The van der Waals surface area contributed by atoms with Crippen LogP contribution in [0.1, 0.15) is 37.9 Å². The van der Waals surface area contributed by atoms with Crippen LogP contribution < -0.4 is 16.0 Å². The van der Waals surface area contributed by atoms with Gasteiger partial charge in [0.15, 0.2) is 0 Å². The number of rotatable bonds is 6. The lowest BCUT2D eigenvalue weighted by Crippen LogP contribution is -2.51. The molecule has 2 atom stereocenters. The van der Waals surface area contributed by atoms with E-state index in [1.807, 2.05) is 37.3 Å². The normalized spacial score (nSPS) is 13.5. The van der Waals surface area contributed by atoms with E-state index in [4.69, 9.17) is 0 Å². The van der Waals surface area contributed by atoms with Crippen molar-refractivity contribution in [2.75, 3.05) is 5.32 Å². The Labute approximate surface area is 167 Å². The van der Waals surface area contributed by atoms with Gasteiger partial charge in [-0.25, -0.2) is 4.79 Å². The molecule has 156 valence electrons. The van der Waals surface area contributed by atoms with Crippen LogP contribution in [0.5, 0.6) is 0 Å². The standard InChI is InChI=1S/C21H24F3N3O2/c1-13(2)18(19(28)25-14(3)15-9-5-4-6-10-15)27-20(29)26-17-12-8-7-11-16(17)21(22,23)24/h4-14,18H,1-3H3,(H,25,28)(H2,26,27,29). The van der Waals surface area contributed by atoms with E-state index in [9.17, 15) is 22.8 Å². The van der Waals surface area contributed by atoms with Crippen molar-refractivity contribution < 1.29 is 22.8 Å². The van der Waals surface area contributed by atoms with Crippen LogP contribution in [0.2, 0.25) is 0 Å². The first kappa shape index (κ1) is 22.3. The molecule has 0 aromatic heterocycles. The summed E-state index contributed by atoms with van der Waals surface area (Å²) in [5.74, 6) is -0.697. The Balaban J connectivity index is 2.07. The summed E-state index contributed by atoms with van der Waals surface area (Å²) in [6.07, 6.45) is -4.61. The van der Waals surface area contributed by atoms with Gasteiger partial charge in [0.2, 0.25) is 5.91 Å². The number of nitrogens with one attached hydrogen (secondary N) is 3. The summed E-state index contributed by atoms with van der Waals surface area (Å²) in [4.78, 5) is 24.9. The van der Waals surface area contributed by atoms with Crippen molar-refractivity contribution in [2.45, 2.75) is 39.0 Å². The minimum Gasteiger partial charge on any atom is -0.348 e. The van der Waals surface area contributed by atoms with Gasteiger partial charge in [-0.1, -0.05) is 56.3 Å². The first-order valence-corrected chi connectivity index (χ1v) is 9.18. The molecule has 0 aliphatic rings. The minimum absolute atomic E-state index is 0.276. The van der Waals surface area contributed by atoms with Gasteiger partial charge >= 0.3 is 12.2 Å². The number of amides is 3. The van der Waals surface area contributed by atoms with E-state index in [1.54, 1.807) is 13.8 Å². The molecular formula is C21H24F3N3O2. The van der Waals surface area contributed by atoms with E-state index in [-0.39, 0.29) is 17.6 Å². The molecule has 0 heterocycles. The maximum atomic E-state index is 13.1. The van der Waals surface area contributed by atoms with E-state index >= 15 is 0 Å². The predicted octanol–water partition coefficient (Wildman–Crippen LogP) is 4.73. The SMILES string of the molecule is CC(NC(=O)C(NC(=O)Nc1ccccc1C(F)(F)F)C(C)C)c1ccccc1. The number of anilines is 1. The summed E-state index contributed by atoms with van der Waals surface area (Å²) >= 11 is 0. The molecule has 3 N–H and O–H groups in total. The highest BCUT2D eigenvalue weighted by atomic mass is 19.4. The number of urea groups is 1. The van der Waals surface area contributed by atoms with Crippen molar-refractivity contribution in [2.24, 2.45) is 5.92 Å². The lowest BCUT2D eigenvalue weighted by atomic mass is 10.0. The molecule has 29 heavy (non-hydrogen) atoms. The van der Waals surface area contributed by atoms with Gasteiger partial charge in [-0.3, -0.25) is 4.79 Å². The van der Waals surface area contributed by atoms with Crippen molar-refractivity contribution in [1.29, 1.82) is 0 Å². The summed E-state index contributed by atoms with van der Waals surface area (Å²) < 4.78 is 39.3. The highest BCUT2D eigenvalue weighted by molar-refractivity contribution is 5.94. The van der Waals surface area contributed by atoms with Gasteiger partial charge in [-0.2, -0.15) is 13.2 Å². The molecule has 2 unspecified atom stereocenters. The highest BCUT2D eigenvalue weighted by Crippen LogP contribution is 2.34. The number of para-hydroxylation sites is 1. The van der Waals surface area contributed by atoms with Crippen molar-refractivity contribution >= 4 is 17.6 Å². The number of hydrogen-bond acceptors (Lipinski definition) is 2. The zero-order valence-corrected chi connectivity index (χ0v) is 16.4. The topological polar surface area (TPSA) is 70.2 Å². The van der Waals surface area contributed by atoms with Crippen LogP contribution in [0, 0.1) is 5.92 Å². The van der Waals surface area contributed by atoms with E-state index in [1.165, 1.54) is 12.1 Å². The van der Waals surface area contributed by atoms with E-state index in [0.29, 0.717) is 0 Å². The molecule has 0 fully saturated rings. The number of benzene rings is 2. The maximum absolute atomic E-state index is 13.1. The summed E-state index contributed by atoms with van der Waals surface area (Å²) in [5, 5.41) is 7.48. The average molecular weight is 407 g/mol. The fourth-order valence-electron chi connectivity index (χ4n) is 2.80. The largest absolute Gasteiger partial charge is 0.418 e. The van der Waals surface area contributed by atoms with Crippen molar-refractivity contribution in [1.82, 2.24) is 10.6 Å². The van der Waals surface area contributed by atoms with Gasteiger partial charge < -0.3 is 16.0 Å². The van der Waals surface area contributed by atoms with Crippen LogP contribution in [-0.2, 0) is 11.0 Å². The molecule has 3 amide bonds. The fraction of sp³-hybridized carbons (Fsp3) is 0.333. The van der Waals surface area contributed by atoms with Crippen LogP contribution in [0.25, 0.3) is 0 Å². The third kappa shape index (κ3) is 6.23. The molecule has 0 radical (unpaired) electrons. The molecule has 0 aliphatic carbocycles. The summed E-state index contributed by atoms with van der Waals surface area (Å²) in [6, 6.07) is 11.9. The second-order valence-electron chi connectivity index (χ2n) is 7.00. The quantitative estimate of drug-likeness (QED) is 0.648. The smallest absolute Gasteiger partial charge is 0.348 e. The Morgan fingerprint density at radius 2 is 1.45 bits per heavy atom. The summed E-state index contributed by atoms with van der Waals surface area (Å²) in [7, 11) is 0. The van der Waals surface area contributed by atoms with Crippen LogP contribution >= 0.6 is 0 Å². The van der Waals surface area contributed by atoms with Gasteiger partial charge in [0, 0.05) is 0 Å². The lowest BCUT2D eigenvalue weighted by Gasteiger charge is -2.24. The van der Waals surface area contributed by atoms with E-state index < -0.39 is 29.7 Å². The number of carbonyl (C=O) groups is 2. The van der Waals surface area contributed by atoms with Gasteiger partial charge in [0.05, 0.1) is 17.3 Å². The van der Waals surface area contributed by atoms with Crippen LogP contribution in [0.15, 0.2) is 54.6 Å². The first-order chi connectivity index (χ1) is 13.6. The Morgan fingerprint density at radius 3 is 2.03 bits per heavy atom. The summed E-state index contributed by atoms with van der Waals surface area (Å²) in [6.45, 7) is 5.28. The van der Waals surface area contributed by atoms with Gasteiger partial charge in [-0.15, -0.1) is 0 Å². The first-order valence-electron chi connectivity index (χ1n) is 9.18. The maximum Gasteiger partial charge on any atom is 0.418 e. The molecule has 8 heteroatoms. The molecule has 2 aromatic rings. The van der Waals surface area contributed by atoms with E-state index in [0.717, 1.165) is 17.7 Å². The van der Waals surface area contributed by atoms with Crippen LogP contribution in [0.4, 0.5) is 23.7 Å². The molecule has 2 aromatic carbocycles. The zero-order chi connectivity index (χ0) is 21.6. The zero-order valence-electron chi connectivity index (χ0n) is 16.4. The monoisotopic (exact) mass is 407 g/mol. The summed E-state index contributed by atoms with van der Waals surface area (Å²) in [5.41, 5.74) is -0.441. The number of carbonyl (C=O) groups excluding carboxylic acids is 2. The minimum atomic E-state index is -4.61. The molecule has 0 saturated carbocycles. The molecule has 2 rings (SSSR count). The molecule has 0 bridgehead atoms. The van der Waals surface area contributed by atoms with Crippen LogP contribution in [-0.4, -0.2) is 18.0 Å². The lowest BCUT2D eigenvalue weighted by molar-refractivity contribution is -0.137. The Kier molecular flexibility index (Phi) is 7.25. The Morgan fingerprint density at radius 1 is 0.862 bits per heavy atom. The third-order valence-electron chi connectivity index (χ3n) is 4.37. The van der Waals surface area contributed by atoms with Gasteiger partial charge in [-0.05, 0) is 30.5 Å². The van der Waals surface area contributed by atoms with E-state index in [2.05, 4.69) is 16.0 Å². The van der Waals surface area contributed by atoms with Crippen molar-refractivity contribution in [3.63, 3.8) is 0 Å². The molecule has 0 aliphatic heterocycles. The molecular weight excluding hydrogens is 383 g/mol. The Bertz CT molecular complexity index is 839. The average Bonchev–Trinajstić information content (AvgIpc) is 2.66. The molecule has 5 nitrogen and oxygen atoms in total. The van der Waals surface area contributed by atoms with Crippen LogP contribution in [0.3, 0.4) is 0 Å². The number of alkyl halides is 3. The molecule has 0 saturated heterocycles. The second kappa shape index (κ2) is 9.45. The predicted molar refractivity (Wildman–Crippen MR) is 105 cm³/mol. The molecule has 0 spiro atoms. The number of hydrogen-bond donors (Lipinski definition) is 3. The fourth-order valence-corrected chi connectivity index (χ4v) is 2.80. The van der Waals surface area contributed by atoms with Crippen molar-refractivity contribution in [3.8, 4) is 0 Å².